The van der Waals surface area contributed by atoms with Gasteiger partial charge >= 0.3 is 0 Å². The minimum absolute atomic E-state index is 0.0799. The largest absolute Gasteiger partial charge is 0.337 e. The van der Waals surface area contributed by atoms with Gasteiger partial charge in [-0.25, -0.2) is 14.6 Å². The van der Waals surface area contributed by atoms with Gasteiger partial charge in [-0.05, 0) is 53.9 Å². The molecular weight excluding hydrogens is 562 g/mol. The molecule has 43 heavy (non-hydrogen) atoms. The van der Waals surface area contributed by atoms with E-state index in [-0.39, 0.29) is 17.5 Å². The Hall–Kier alpha value is -4.94. The van der Waals surface area contributed by atoms with Gasteiger partial charge in [0.25, 0.3) is 5.56 Å². The summed E-state index contributed by atoms with van der Waals surface area (Å²) < 4.78 is 3.66. The quantitative estimate of drug-likeness (QED) is 0.277. The van der Waals surface area contributed by atoms with Gasteiger partial charge in [-0.15, -0.1) is 0 Å². The summed E-state index contributed by atoms with van der Waals surface area (Å²) in [6, 6.07) is 22.9. The van der Waals surface area contributed by atoms with E-state index < -0.39 is 0 Å². The molecule has 216 valence electrons. The number of nitrogens with zero attached hydrogens (tertiary/aromatic N) is 7. The molecule has 5 aromatic rings. The molecule has 1 aliphatic heterocycles. The van der Waals surface area contributed by atoms with Crippen LogP contribution < -0.4 is 10.5 Å². The van der Waals surface area contributed by atoms with Gasteiger partial charge in [0.2, 0.25) is 11.9 Å². The van der Waals surface area contributed by atoms with Gasteiger partial charge in [-0.3, -0.25) is 14.3 Å². The number of hydrogen-bond donors (Lipinski definition) is 0. The monoisotopic (exact) mass is 591 g/mol. The molecule has 9 nitrogen and oxygen atoms in total. The number of amides is 1. The standard InChI is InChI=1S/C33H30ClN7O2/c1-22-19-38(12-13-39(22)23(2)42)33-36-17-28(18-37-33)26-10-11-29-31(15-26)40(21-27-8-3-4-9-30(27)34)41(32(29)43)20-25-7-5-6-24(14-25)16-35/h3-11,14-15,17-18,22H,12-13,19-21H2,1-2H3. The van der Waals surface area contributed by atoms with Crippen LogP contribution in [0.4, 0.5) is 5.95 Å². The van der Waals surface area contributed by atoms with Crippen molar-refractivity contribution in [2.24, 2.45) is 0 Å². The molecule has 1 atom stereocenters. The summed E-state index contributed by atoms with van der Waals surface area (Å²) >= 11 is 6.55. The molecule has 0 saturated carbocycles. The van der Waals surface area contributed by atoms with Crippen LogP contribution in [0.15, 0.2) is 83.9 Å². The smallest absolute Gasteiger partial charge is 0.274 e. The number of aromatic nitrogens is 4. The first-order valence-electron chi connectivity index (χ1n) is 14.1. The summed E-state index contributed by atoms with van der Waals surface area (Å²) in [5.74, 6) is 0.706. The minimum Gasteiger partial charge on any atom is -0.337 e. The van der Waals surface area contributed by atoms with Crippen LogP contribution in [0.1, 0.15) is 30.5 Å². The lowest BCUT2D eigenvalue weighted by Crippen LogP contribution is -2.53. The first kappa shape index (κ1) is 28.2. The molecule has 1 saturated heterocycles. The van der Waals surface area contributed by atoms with E-state index in [0.29, 0.717) is 54.6 Å². The summed E-state index contributed by atoms with van der Waals surface area (Å²) in [6.07, 6.45) is 3.60. The highest BCUT2D eigenvalue weighted by molar-refractivity contribution is 6.31. The highest BCUT2D eigenvalue weighted by atomic mass is 35.5. The third-order valence-electron chi connectivity index (χ3n) is 7.98. The Morgan fingerprint density at radius 2 is 1.77 bits per heavy atom. The fraction of sp³-hybridized carbons (Fsp3) is 0.242. The van der Waals surface area contributed by atoms with Crippen molar-refractivity contribution < 1.29 is 4.79 Å². The molecule has 1 fully saturated rings. The minimum atomic E-state index is -0.124. The molecule has 3 heterocycles. The van der Waals surface area contributed by atoms with Gasteiger partial charge in [-0.1, -0.05) is 48.0 Å². The number of piperazine rings is 1. The third kappa shape index (κ3) is 5.62. The summed E-state index contributed by atoms with van der Waals surface area (Å²) in [6.45, 7) is 6.31. The average Bonchev–Trinajstić information content (AvgIpc) is 3.27. The molecule has 6 rings (SSSR count). The maximum absolute atomic E-state index is 13.7. The number of anilines is 1. The van der Waals surface area contributed by atoms with E-state index in [1.54, 1.807) is 36.1 Å². The van der Waals surface area contributed by atoms with Crippen molar-refractivity contribution in [3.63, 3.8) is 0 Å². The maximum atomic E-state index is 13.7. The van der Waals surface area contributed by atoms with Gasteiger partial charge < -0.3 is 9.80 Å². The van der Waals surface area contributed by atoms with Crippen LogP contribution in [-0.2, 0) is 17.9 Å². The number of rotatable bonds is 6. The van der Waals surface area contributed by atoms with Crippen molar-refractivity contribution >= 4 is 34.4 Å². The Labute approximate surface area is 254 Å². The first-order chi connectivity index (χ1) is 20.8. The van der Waals surface area contributed by atoms with Crippen LogP contribution >= 0.6 is 11.6 Å². The topological polar surface area (TPSA) is 100 Å². The normalized spacial score (nSPS) is 15.1. The van der Waals surface area contributed by atoms with Gasteiger partial charge in [0.05, 0.1) is 35.6 Å². The highest BCUT2D eigenvalue weighted by Gasteiger charge is 2.26. The maximum Gasteiger partial charge on any atom is 0.274 e. The Bertz CT molecular complexity index is 1920. The van der Waals surface area contributed by atoms with Crippen LogP contribution in [0.25, 0.3) is 22.0 Å². The van der Waals surface area contributed by atoms with Crippen molar-refractivity contribution in [3.8, 4) is 17.2 Å². The summed E-state index contributed by atoms with van der Waals surface area (Å²) in [5.41, 5.74) is 4.63. The molecule has 1 aliphatic rings. The van der Waals surface area contributed by atoms with Crippen molar-refractivity contribution in [1.29, 1.82) is 5.26 Å². The molecule has 0 spiro atoms. The first-order valence-corrected chi connectivity index (χ1v) is 14.5. The van der Waals surface area contributed by atoms with Crippen molar-refractivity contribution in [1.82, 2.24) is 24.2 Å². The zero-order chi connectivity index (χ0) is 30.1. The molecule has 2 aromatic heterocycles. The molecular formula is C33H30ClN7O2. The van der Waals surface area contributed by atoms with E-state index in [0.717, 1.165) is 27.8 Å². The predicted molar refractivity (Wildman–Crippen MR) is 167 cm³/mol. The summed E-state index contributed by atoms with van der Waals surface area (Å²) in [5, 5.41) is 10.6. The van der Waals surface area contributed by atoms with Gasteiger partial charge in [0, 0.05) is 55.6 Å². The number of carbonyl (C=O) groups is 1. The predicted octanol–water partition coefficient (Wildman–Crippen LogP) is 4.94. The molecule has 10 heteroatoms. The number of hydrogen-bond acceptors (Lipinski definition) is 6. The van der Waals surface area contributed by atoms with Crippen LogP contribution in [0, 0.1) is 11.3 Å². The summed E-state index contributed by atoms with van der Waals surface area (Å²) in [7, 11) is 0. The van der Waals surface area contributed by atoms with Crippen LogP contribution in [0.2, 0.25) is 5.02 Å². The third-order valence-corrected chi connectivity index (χ3v) is 8.35. The molecule has 0 N–H and O–H groups in total. The second-order valence-corrected chi connectivity index (χ2v) is 11.2. The Morgan fingerprint density at radius 3 is 2.49 bits per heavy atom. The molecule has 0 aliphatic carbocycles. The van der Waals surface area contributed by atoms with E-state index in [4.69, 9.17) is 11.6 Å². The van der Waals surface area contributed by atoms with Gasteiger partial charge in [-0.2, -0.15) is 5.26 Å². The lowest BCUT2D eigenvalue weighted by molar-refractivity contribution is -0.131. The number of fused-ring (bicyclic) bond motifs is 1. The van der Waals surface area contributed by atoms with E-state index >= 15 is 0 Å². The molecule has 1 unspecified atom stereocenters. The van der Waals surface area contributed by atoms with Crippen LogP contribution in [0.5, 0.6) is 0 Å². The highest BCUT2D eigenvalue weighted by Crippen LogP contribution is 2.26. The Kier molecular flexibility index (Phi) is 7.70. The SMILES string of the molecule is CC(=O)N1CCN(c2ncc(-c3ccc4c(=O)n(Cc5cccc(C#N)c5)n(Cc5ccccc5Cl)c4c3)cn2)CC1C. The molecule has 0 radical (unpaired) electrons. The van der Waals surface area contributed by atoms with E-state index in [1.807, 2.05) is 71.1 Å². The van der Waals surface area contributed by atoms with E-state index in [9.17, 15) is 14.9 Å². The second-order valence-electron chi connectivity index (χ2n) is 10.8. The second kappa shape index (κ2) is 11.7. The number of benzene rings is 3. The Morgan fingerprint density at radius 1 is 0.977 bits per heavy atom. The van der Waals surface area contributed by atoms with Gasteiger partial charge in [0.1, 0.15) is 0 Å². The number of halogens is 1. The van der Waals surface area contributed by atoms with Crippen LogP contribution in [0.3, 0.4) is 0 Å². The summed E-state index contributed by atoms with van der Waals surface area (Å²) in [4.78, 5) is 38.9. The number of carbonyl (C=O) groups excluding carboxylic acids is 1. The van der Waals surface area contributed by atoms with Crippen molar-refractivity contribution in [3.05, 3.63) is 111 Å². The molecule has 1 amide bonds. The molecule has 3 aromatic carbocycles. The molecule has 0 bridgehead atoms. The van der Waals surface area contributed by atoms with Crippen molar-refractivity contribution in [2.45, 2.75) is 33.0 Å². The van der Waals surface area contributed by atoms with Crippen LogP contribution in [-0.4, -0.2) is 55.8 Å². The zero-order valence-corrected chi connectivity index (χ0v) is 24.7. The van der Waals surface area contributed by atoms with Gasteiger partial charge in [0.15, 0.2) is 0 Å². The fourth-order valence-electron chi connectivity index (χ4n) is 5.75. The number of nitriles is 1. The fourth-order valence-corrected chi connectivity index (χ4v) is 5.95. The average molecular weight is 592 g/mol. The zero-order valence-electron chi connectivity index (χ0n) is 23.9. The van der Waals surface area contributed by atoms with E-state index in [2.05, 4.69) is 20.9 Å². The Balaban J connectivity index is 1.37. The lowest BCUT2D eigenvalue weighted by Gasteiger charge is -2.39. The lowest BCUT2D eigenvalue weighted by atomic mass is 10.1. The van der Waals surface area contributed by atoms with Crippen molar-refractivity contribution in [2.75, 3.05) is 24.5 Å². The van der Waals surface area contributed by atoms with E-state index in [1.165, 1.54) is 0 Å².